The zero-order valence-electron chi connectivity index (χ0n) is 12.4. The van der Waals surface area contributed by atoms with Gasteiger partial charge in [0.25, 0.3) is 0 Å². The molecule has 4 nitrogen and oxygen atoms in total. The molecule has 0 amide bonds. The molecule has 0 aliphatic rings. The van der Waals surface area contributed by atoms with E-state index in [-0.39, 0.29) is 5.92 Å². The van der Waals surface area contributed by atoms with Gasteiger partial charge >= 0.3 is 0 Å². The molecular formula is C15H24O4. The van der Waals surface area contributed by atoms with Crippen LogP contribution in [0.3, 0.4) is 0 Å². The van der Waals surface area contributed by atoms with Gasteiger partial charge in [0.1, 0.15) is 17.2 Å². The maximum atomic E-state index is 10.5. The monoisotopic (exact) mass is 268 g/mol. The van der Waals surface area contributed by atoms with E-state index in [2.05, 4.69) is 6.92 Å². The third kappa shape index (κ3) is 3.53. The van der Waals surface area contributed by atoms with Gasteiger partial charge in [0.2, 0.25) is 0 Å². The number of aliphatic hydroxyl groups excluding tert-OH is 1. The van der Waals surface area contributed by atoms with Gasteiger partial charge in [0.15, 0.2) is 0 Å². The van der Waals surface area contributed by atoms with Crippen molar-refractivity contribution in [2.24, 2.45) is 5.92 Å². The lowest BCUT2D eigenvalue weighted by Crippen LogP contribution is -2.12. The van der Waals surface area contributed by atoms with Crippen LogP contribution in [0, 0.1) is 5.92 Å². The predicted octanol–water partition coefficient (Wildman–Crippen LogP) is 3.18. The lowest BCUT2D eigenvalue weighted by Gasteiger charge is -2.23. The first-order chi connectivity index (χ1) is 9.08. The van der Waals surface area contributed by atoms with Gasteiger partial charge in [0, 0.05) is 12.1 Å². The second-order valence-corrected chi connectivity index (χ2v) is 4.66. The molecule has 1 aromatic carbocycles. The largest absolute Gasteiger partial charge is 0.496 e. The van der Waals surface area contributed by atoms with E-state index < -0.39 is 6.10 Å². The molecule has 0 saturated carbocycles. The number of hydrogen-bond donors (Lipinski definition) is 1. The van der Waals surface area contributed by atoms with Crippen LogP contribution < -0.4 is 14.2 Å². The molecule has 0 radical (unpaired) electrons. The number of rotatable bonds is 7. The highest BCUT2D eigenvalue weighted by atomic mass is 16.5. The molecule has 0 aromatic heterocycles. The topological polar surface area (TPSA) is 47.9 Å². The van der Waals surface area contributed by atoms with Gasteiger partial charge in [-0.3, -0.25) is 0 Å². The fourth-order valence-corrected chi connectivity index (χ4v) is 2.22. The van der Waals surface area contributed by atoms with Crippen LogP contribution in [0.4, 0.5) is 0 Å². The Morgan fingerprint density at radius 1 is 1.05 bits per heavy atom. The van der Waals surface area contributed by atoms with Crippen LogP contribution in [0.15, 0.2) is 12.1 Å². The van der Waals surface area contributed by atoms with Gasteiger partial charge in [-0.05, 0) is 12.3 Å². The summed E-state index contributed by atoms with van der Waals surface area (Å²) in [6.07, 6.45) is 1.36. The number of aliphatic hydroxyl groups is 1. The van der Waals surface area contributed by atoms with E-state index in [9.17, 15) is 5.11 Å². The van der Waals surface area contributed by atoms with Gasteiger partial charge in [-0.25, -0.2) is 0 Å². The highest BCUT2D eigenvalue weighted by Crippen LogP contribution is 2.41. The van der Waals surface area contributed by atoms with Crippen molar-refractivity contribution in [1.29, 1.82) is 0 Å². The summed E-state index contributed by atoms with van der Waals surface area (Å²) in [7, 11) is 4.74. The summed E-state index contributed by atoms with van der Waals surface area (Å²) in [6, 6.07) is 3.53. The summed E-state index contributed by atoms with van der Waals surface area (Å²) < 4.78 is 15.9. The molecule has 0 saturated heterocycles. The van der Waals surface area contributed by atoms with E-state index in [1.165, 1.54) is 0 Å². The SMILES string of the molecule is CCCC(C)C(O)c1c(OC)cc(OC)cc1OC. The average Bonchev–Trinajstić information content (AvgIpc) is 2.44. The van der Waals surface area contributed by atoms with Crippen LogP contribution in [0.2, 0.25) is 0 Å². The number of benzene rings is 1. The molecule has 0 heterocycles. The fraction of sp³-hybridized carbons (Fsp3) is 0.600. The normalized spacial score (nSPS) is 13.8. The molecule has 108 valence electrons. The summed E-state index contributed by atoms with van der Waals surface area (Å²) in [5.74, 6) is 1.97. The van der Waals surface area contributed by atoms with Gasteiger partial charge in [-0.15, -0.1) is 0 Å². The Bertz CT molecular complexity index is 378. The third-order valence-electron chi connectivity index (χ3n) is 3.33. The summed E-state index contributed by atoms with van der Waals surface area (Å²) >= 11 is 0. The molecule has 2 unspecified atom stereocenters. The molecule has 2 atom stereocenters. The van der Waals surface area contributed by atoms with Crippen molar-refractivity contribution in [3.8, 4) is 17.2 Å². The number of ether oxygens (including phenoxy) is 3. The Morgan fingerprint density at radius 2 is 1.58 bits per heavy atom. The van der Waals surface area contributed by atoms with Crippen molar-refractivity contribution >= 4 is 0 Å². The molecule has 0 aliphatic carbocycles. The van der Waals surface area contributed by atoms with E-state index in [4.69, 9.17) is 14.2 Å². The molecule has 0 aliphatic heterocycles. The van der Waals surface area contributed by atoms with Crippen LogP contribution in [-0.4, -0.2) is 26.4 Å². The van der Waals surface area contributed by atoms with Crippen molar-refractivity contribution in [2.45, 2.75) is 32.8 Å². The van der Waals surface area contributed by atoms with E-state index in [0.717, 1.165) is 12.8 Å². The molecular weight excluding hydrogens is 244 g/mol. The van der Waals surface area contributed by atoms with E-state index in [0.29, 0.717) is 22.8 Å². The first-order valence-electron chi connectivity index (χ1n) is 6.56. The van der Waals surface area contributed by atoms with Crippen LogP contribution in [-0.2, 0) is 0 Å². The van der Waals surface area contributed by atoms with Crippen molar-refractivity contribution in [3.63, 3.8) is 0 Å². The second kappa shape index (κ2) is 7.24. The van der Waals surface area contributed by atoms with Gasteiger partial charge < -0.3 is 19.3 Å². The fourth-order valence-electron chi connectivity index (χ4n) is 2.22. The summed E-state index contributed by atoms with van der Waals surface area (Å²) in [5, 5.41) is 10.5. The number of methoxy groups -OCH3 is 3. The van der Waals surface area contributed by atoms with Crippen LogP contribution >= 0.6 is 0 Å². The Labute approximate surface area is 115 Å². The summed E-state index contributed by atoms with van der Waals surface area (Å²) in [5.41, 5.74) is 0.687. The van der Waals surface area contributed by atoms with Crippen molar-refractivity contribution in [1.82, 2.24) is 0 Å². The van der Waals surface area contributed by atoms with E-state index in [1.807, 2.05) is 6.92 Å². The van der Waals surface area contributed by atoms with Gasteiger partial charge in [-0.1, -0.05) is 20.3 Å². The first-order valence-corrected chi connectivity index (χ1v) is 6.56. The van der Waals surface area contributed by atoms with Gasteiger partial charge in [0.05, 0.1) is 33.0 Å². The molecule has 1 rings (SSSR count). The van der Waals surface area contributed by atoms with E-state index in [1.54, 1.807) is 33.5 Å². The van der Waals surface area contributed by atoms with Gasteiger partial charge in [-0.2, -0.15) is 0 Å². The lowest BCUT2D eigenvalue weighted by molar-refractivity contribution is 0.106. The molecule has 1 aromatic rings. The van der Waals surface area contributed by atoms with E-state index >= 15 is 0 Å². The smallest absolute Gasteiger partial charge is 0.132 e. The molecule has 4 heteroatoms. The highest BCUT2D eigenvalue weighted by Gasteiger charge is 2.24. The average molecular weight is 268 g/mol. The van der Waals surface area contributed by atoms with Crippen molar-refractivity contribution in [2.75, 3.05) is 21.3 Å². The minimum atomic E-state index is -0.615. The molecule has 19 heavy (non-hydrogen) atoms. The predicted molar refractivity (Wildman–Crippen MR) is 75.1 cm³/mol. The number of hydrogen-bond acceptors (Lipinski definition) is 4. The third-order valence-corrected chi connectivity index (χ3v) is 3.33. The Hall–Kier alpha value is -1.42. The molecule has 0 fully saturated rings. The maximum absolute atomic E-state index is 10.5. The quantitative estimate of drug-likeness (QED) is 0.825. The Morgan fingerprint density at radius 3 is 1.95 bits per heavy atom. The highest BCUT2D eigenvalue weighted by molar-refractivity contribution is 5.52. The van der Waals surface area contributed by atoms with Crippen LogP contribution in [0.25, 0.3) is 0 Å². The minimum Gasteiger partial charge on any atom is -0.496 e. The maximum Gasteiger partial charge on any atom is 0.132 e. The molecule has 1 N–H and O–H groups in total. The standard InChI is InChI=1S/C15H24O4/c1-6-7-10(2)15(16)14-12(18-4)8-11(17-3)9-13(14)19-5/h8-10,15-16H,6-7H2,1-5H3. The van der Waals surface area contributed by atoms with Crippen molar-refractivity contribution in [3.05, 3.63) is 17.7 Å². The second-order valence-electron chi connectivity index (χ2n) is 4.66. The Balaban J connectivity index is 3.23. The summed E-state index contributed by atoms with van der Waals surface area (Å²) in [6.45, 7) is 4.13. The molecule has 0 bridgehead atoms. The zero-order valence-corrected chi connectivity index (χ0v) is 12.4. The summed E-state index contributed by atoms with van der Waals surface area (Å²) in [4.78, 5) is 0. The first kappa shape index (κ1) is 15.6. The van der Waals surface area contributed by atoms with Crippen molar-refractivity contribution < 1.29 is 19.3 Å². The Kier molecular flexibility index (Phi) is 5.96. The van der Waals surface area contributed by atoms with Crippen LogP contribution in [0.1, 0.15) is 38.4 Å². The molecule has 0 spiro atoms. The zero-order chi connectivity index (χ0) is 14.4. The minimum absolute atomic E-state index is 0.140. The van der Waals surface area contributed by atoms with Crippen LogP contribution in [0.5, 0.6) is 17.2 Å². The lowest BCUT2D eigenvalue weighted by atomic mass is 9.92.